The zero-order valence-corrected chi connectivity index (χ0v) is 21.4. The molecule has 5 rings (SSSR count). The average Bonchev–Trinajstić information content (AvgIpc) is 3.36. The monoisotopic (exact) mass is 530 g/mol. The van der Waals surface area contributed by atoms with Crippen LogP contribution >= 0.6 is 0 Å². The Morgan fingerprint density at radius 2 is 1.73 bits per heavy atom. The summed E-state index contributed by atoms with van der Waals surface area (Å²) in [5.74, 6) is 1.44. The number of fused-ring (bicyclic) bond motifs is 1. The molecule has 0 spiro atoms. The van der Waals surface area contributed by atoms with Gasteiger partial charge >= 0.3 is 0 Å². The van der Waals surface area contributed by atoms with Gasteiger partial charge in [-0.3, -0.25) is 20.4 Å². The summed E-state index contributed by atoms with van der Waals surface area (Å²) in [7, 11) is -1.95. The zero-order valence-electron chi connectivity index (χ0n) is 20.6. The van der Waals surface area contributed by atoms with Gasteiger partial charge in [0.25, 0.3) is 5.69 Å². The lowest BCUT2D eigenvalue weighted by Gasteiger charge is -2.34. The minimum Gasteiger partial charge on any atom is -0.454 e. The second-order valence-electron chi connectivity index (χ2n) is 9.40. The van der Waals surface area contributed by atoms with Crippen molar-refractivity contribution in [1.82, 2.24) is 14.1 Å². The molecule has 198 valence electrons. The van der Waals surface area contributed by atoms with Gasteiger partial charge in [-0.1, -0.05) is 6.07 Å². The predicted octanol–water partition coefficient (Wildman–Crippen LogP) is 2.32. The lowest BCUT2D eigenvalue weighted by atomic mass is 10.1. The smallest absolute Gasteiger partial charge is 0.270 e. The van der Waals surface area contributed by atoms with E-state index in [2.05, 4.69) is 20.3 Å². The highest BCUT2D eigenvalue weighted by molar-refractivity contribution is 7.89. The molecule has 2 saturated heterocycles. The Labute approximate surface area is 215 Å². The first-order valence-electron chi connectivity index (χ1n) is 12.2. The number of nitro benzene ring substituents is 1. The first-order chi connectivity index (χ1) is 17.8. The van der Waals surface area contributed by atoms with E-state index in [0.29, 0.717) is 25.4 Å². The summed E-state index contributed by atoms with van der Waals surface area (Å²) in [5.41, 5.74) is 4.83. The van der Waals surface area contributed by atoms with Crippen LogP contribution in [0.25, 0.3) is 0 Å². The van der Waals surface area contributed by atoms with Crippen LogP contribution in [0.1, 0.15) is 18.4 Å². The van der Waals surface area contributed by atoms with E-state index in [-0.39, 0.29) is 36.2 Å². The zero-order chi connectivity index (χ0) is 26.0. The highest BCUT2D eigenvalue weighted by atomic mass is 32.2. The molecule has 0 bridgehead atoms. The van der Waals surface area contributed by atoms with E-state index >= 15 is 0 Å². The van der Waals surface area contributed by atoms with Gasteiger partial charge < -0.3 is 14.4 Å². The molecular weight excluding hydrogens is 500 g/mol. The van der Waals surface area contributed by atoms with Crippen molar-refractivity contribution in [3.05, 3.63) is 52.1 Å². The molecule has 0 saturated carbocycles. The number of nitrogens with zero attached hydrogens (tertiary/aromatic N) is 5. The van der Waals surface area contributed by atoms with Gasteiger partial charge in [0.2, 0.25) is 16.8 Å². The summed E-state index contributed by atoms with van der Waals surface area (Å²) in [6.07, 6.45) is 1.56. The summed E-state index contributed by atoms with van der Waals surface area (Å²) in [5, 5.41) is 15.8. The van der Waals surface area contributed by atoms with Crippen LogP contribution in [0.15, 0.2) is 46.4 Å². The van der Waals surface area contributed by atoms with Crippen molar-refractivity contribution in [3.8, 4) is 11.5 Å². The molecule has 2 fully saturated rings. The number of piperazine rings is 1. The Kier molecular flexibility index (Phi) is 7.29. The molecule has 0 atom stereocenters. The molecule has 2 aromatic rings. The van der Waals surface area contributed by atoms with E-state index in [0.717, 1.165) is 49.0 Å². The number of ether oxygens (including phenoxy) is 2. The fourth-order valence-corrected chi connectivity index (χ4v) is 6.21. The van der Waals surface area contributed by atoms with Crippen LogP contribution in [-0.2, 0) is 16.6 Å². The van der Waals surface area contributed by atoms with Crippen LogP contribution in [0, 0.1) is 10.1 Å². The Hall–Kier alpha value is -3.26. The highest BCUT2D eigenvalue weighted by Crippen LogP contribution is 2.33. The number of nitrogens with one attached hydrogen (secondary N) is 1. The Morgan fingerprint density at radius 3 is 2.46 bits per heavy atom. The third-order valence-corrected chi connectivity index (χ3v) is 8.81. The van der Waals surface area contributed by atoms with Crippen LogP contribution < -0.4 is 14.9 Å². The molecule has 2 aromatic carbocycles. The second kappa shape index (κ2) is 10.6. The van der Waals surface area contributed by atoms with Gasteiger partial charge in [-0.15, -0.1) is 0 Å². The van der Waals surface area contributed by atoms with Gasteiger partial charge in [-0.25, -0.2) is 8.42 Å². The van der Waals surface area contributed by atoms with Gasteiger partial charge in [-0.2, -0.15) is 9.41 Å². The quantitative estimate of drug-likeness (QED) is 0.423. The molecule has 3 heterocycles. The average molecular weight is 531 g/mol. The molecule has 3 aliphatic heterocycles. The fourth-order valence-electron chi connectivity index (χ4n) is 4.62. The normalized spacial score (nSPS) is 19.1. The summed E-state index contributed by atoms with van der Waals surface area (Å²) < 4.78 is 39.4. The number of sulfonamides is 1. The fraction of sp³-hybridized carbons (Fsp3) is 0.458. The second-order valence-corrected chi connectivity index (χ2v) is 11.3. The van der Waals surface area contributed by atoms with E-state index < -0.39 is 14.9 Å². The van der Waals surface area contributed by atoms with E-state index in [1.165, 1.54) is 16.4 Å². The molecule has 1 N–H and O–H groups in total. The first-order valence-corrected chi connectivity index (χ1v) is 13.6. The van der Waals surface area contributed by atoms with Crippen LogP contribution in [0.2, 0.25) is 0 Å². The Balaban J connectivity index is 1.29. The number of hydrogen-bond acceptors (Lipinski definition) is 10. The van der Waals surface area contributed by atoms with Crippen LogP contribution in [0.3, 0.4) is 0 Å². The van der Waals surface area contributed by atoms with Crippen LogP contribution in [-0.4, -0.2) is 86.3 Å². The SMILES string of the molecule is CN1CCC(=NNc2ccc([N+](=O)[O-])cc2S(=O)(=O)N2CCN(Cc3ccc4c(c3)OCO4)CC2)CC1. The minimum absolute atomic E-state index is 0.136. The number of hydrazone groups is 1. The maximum absolute atomic E-state index is 13.6. The number of anilines is 1. The van der Waals surface area contributed by atoms with Crippen LogP contribution in [0.4, 0.5) is 11.4 Å². The van der Waals surface area contributed by atoms with E-state index in [1.807, 2.05) is 25.2 Å². The predicted molar refractivity (Wildman–Crippen MR) is 137 cm³/mol. The summed E-state index contributed by atoms with van der Waals surface area (Å²) in [4.78, 5) is 15.1. The van der Waals surface area contributed by atoms with E-state index in [1.54, 1.807) is 0 Å². The Bertz CT molecular complexity index is 1300. The topological polar surface area (TPSA) is 130 Å². The third kappa shape index (κ3) is 5.69. The molecule has 0 radical (unpaired) electrons. The van der Waals surface area contributed by atoms with Gasteiger partial charge in [0, 0.05) is 76.5 Å². The number of benzene rings is 2. The van der Waals surface area contributed by atoms with Crippen molar-refractivity contribution >= 4 is 27.1 Å². The third-order valence-electron chi connectivity index (χ3n) is 6.87. The number of nitro groups is 1. The van der Waals surface area contributed by atoms with E-state index in [4.69, 9.17) is 9.47 Å². The molecule has 0 aromatic heterocycles. The molecular formula is C24H30N6O6S. The molecule has 0 unspecified atom stereocenters. The van der Waals surface area contributed by atoms with Gasteiger partial charge in [0.05, 0.1) is 10.6 Å². The standard InChI is InChI=1S/C24H30N6O6S/c1-27-8-6-19(7-9-27)25-26-21-4-3-20(30(31)32)15-24(21)37(33,34)29-12-10-28(11-13-29)16-18-2-5-22-23(14-18)36-17-35-22/h2-5,14-15,26H,6-13,16-17H2,1H3. The summed E-state index contributed by atoms with van der Waals surface area (Å²) in [6.45, 7) is 4.23. The number of non-ortho nitro benzene ring substituents is 1. The number of likely N-dealkylation sites (tertiary alicyclic amines) is 1. The Morgan fingerprint density at radius 1 is 1.00 bits per heavy atom. The molecule has 0 amide bonds. The van der Waals surface area contributed by atoms with Crippen molar-refractivity contribution in [2.45, 2.75) is 24.3 Å². The maximum Gasteiger partial charge on any atom is 0.270 e. The molecule has 37 heavy (non-hydrogen) atoms. The lowest BCUT2D eigenvalue weighted by molar-refractivity contribution is -0.385. The summed E-state index contributed by atoms with van der Waals surface area (Å²) in [6, 6.07) is 9.62. The van der Waals surface area contributed by atoms with Crippen LogP contribution in [0.5, 0.6) is 11.5 Å². The van der Waals surface area contributed by atoms with Gasteiger partial charge in [-0.05, 0) is 30.8 Å². The maximum atomic E-state index is 13.6. The number of hydrogen-bond donors (Lipinski definition) is 1. The molecule has 0 aliphatic carbocycles. The lowest BCUT2D eigenvalue weighted by Crippen LogP contribution is -2.48. The highest BCUT2D eigenvalue weighted by Gasteiger charge is 2.32. The number of rotatable bonds is 7. The van der Waals surface area contributed by atoms with E-state index in [9.17, 15) is 18.5 Å². The van der Waals surface area contributed by atoms with Crippen molar-refractivity contribution in [1.29, 1.82) is 0 Å². The largest absolute Gasteiger partial charge is 0.454 e. The van der Waals surface area contributed by atoms with Crippen molar-refractivity contribution in [2.24, 2.45) is 5.10 Å². The first kappa shape index (κ1) is 25.4. The molecule has 12 nitrogen and oxygen atoms in total. The van der Waals surface area contributed by atoms with Crippen molar-refractivity contribution < 1.29 is 22.8 Å². The number of piperidine rings is 1. The van der Waals surface area contributed by atoms with Crippen molar-refractivity contribution in [2.75, 3.05) is 58.5 Å². The molecule has 3 aliphatic rings. The minimum atomic E-state index is -3.99. The summed E-state index contributed by atoms with van der Waals surface area (Å²) >= 11 is 0. The van der Waals surface area contributed by atoms with Gasteiger partial charge in [0.1, 0.15) is 4.90 Å². The molecule has 13 heteroatoms. The van der Waals surface area contributed by atoms with Gasteiger partial charge in [0.15, 0.2) is 11.5 Å². The van der Waals surface area contributed by atoms with Crippen molar-refractivity contribution in [3.63, 3.8) is 0 Å².